The molecule has 0 radical (unpaired) electrons. The first-order valence-electron chi connectivity index (χ1n) is 5.38. The van der Waals surface area contributed by atoms with Crippen LogP contribution in [0.5, 0.6) is 0 Å². The molecule has 1 rings (SSSR count). The zero-order valence-corrected chi connectivity index (χ0v) is 9.65. The average Bonchev–Trinajstić information content (AvgIpc) is 2.65. The Kier molecular flexibility index (Phi) is 4.29. The summed E-state index contributed by atoms with van der Waals surface area (Å²) in [5.74, 6) is 0.0549. The van der Waals surface area contributed by atoms with E-state index < -0.39 is 6.04 Å². The van der Waals surface area contributed by atoms with Crippen molar-refractivity contribution in [2.75, 3.05) is 27.2 Å². The zero-order chi connectivity index (χ0) is 11.4. The fourth-order valence-corrected chi connectivity index (χ4v) is 1.88. The summed E-state index contributed by atoms with van der Waals surface area (Å²) in [5, 5.41) is 0. The highest BCUT2D eigenvalue weighted by atomic mass is 16.2. The number of rotatable bonds is 4. The summed E-state index contributed by atoms with van der Waals surface area (Å²) in [6.45, 7) is 5.22. The Labute approximate surface area is 91.7 Å². The second-order valence-corrected chi connectivity index (χ2v) is 4.32. The van der Waals surface area contributed by atoms with Gasteiger partial charge in [0.1, 0.15) is 0 Å². The standard InChI is InChI=1S/C11H21N3O/c1-4-5-10(12)11(15)14-7-6-9(8-14)13(2)3/h4,9-10H,1,5-8,12H2,2-3H3. The van der Waals surface area contributed by atoms with E-state index in [0.717, 1.165) is 19.5 Å². The van der Waals surface area contributed by atoms with Gasteiger partial charge in [-0.15, -0.1) is 6.58 Å². The number of nitrogens with zero attached hydrogens (tertiary/aromatic N) is 2. The second-order valence-electron chi connectivity index (χ2n) is 4.32. The lowest BCUT2D eigenvalue weighted by Gasteiger charge is -2.22. The van der Waals surface area contributed by atoms with E-state index in [1.807, 2.05) is 19.0 Å². The molecule has 2 N–H and O–H groups in total. The molecule has 4 heteroatoms. The van der Waals surface area contributed by atoms with Crippen LogP contribution in [0.3, 0.4) is 0 Å². The molecule has 0 bridgehead atoms. The van der Waals surface area contributed by atoms with Crippen LogP contribution in [0.25, 0.3) is 0 Å². The maximum Gasteiger partial charge on any atom is 0.239 e. The molecule has 2 unspecified atom stereocenters. The molecule has 0 aliphatic carbocycles. The molecule has 2 atom stereocenters. The Hall–Kier alpha value is -0.870. The van der Waals surface area contributed by atoms with Crippen LogP contribution in [-0.2, 0) is 4.79 Å². The van der Waals surface area contributed by atoms with Gasteiger partial charge in [-0.1, -0.05) is 6.08 Å². The van der Waals surface area contributed by atoms with Gasteiger partial charge in [0.25, 0.3) is 0 Å². The number of hydrogen-bond donors (Lipinski definition) is 1. The fourth-order valence-electron chi connectivity index (χ4n) is 1.88. The number of likely N-dealkylation sites (tertiary alicyclic amines) is 1. The number of carbonyl (C=O) groups is 1. The highest BCUT2D eigenvalue weighted by molar-refractivity contribution is 5.82. The summed E-state index contributed by atoms with van der Waals surface area (Å²) < 4.78 is 0. The normalized spacial score (nSPS) is 23.2. The van der Waals surface area contributed by atoms with Crippen LogP contribution in [0, 0.1) is 0 Å². The predicted molar refractivity (Wildman–Crippen MR) is 61.5 cm³/mol. The SMILES string of the molecule is C=CCC(N)C(=O)N1CCC(N(C)C)C1. The van der Waals surface area contributed by atoms with Crippen molar-refractivity contribution in [3.63, 3.8) is 0 Å². The Morgan fingerprint density at radius 2 is 2.40 bits per heavy atom. The summed E-state index contributed by atoms with van der Waals surface area (Å²) in [4.78, 5) is 15.9. The van der Waals surface area contributed by atoms with Crippen LogP contribution in [-0.4, -0.2) is 55.0 Å². The molecular weight excluding hydrogens is 190 g/mol. The zero-order valence-electron chi connectivity index (χ0n) is 9.65. The molecule has 0 spiro atoms. The Morgan fingerprint density at radius 1 is 1.73 bits per heavy atom. The second kappa shape index (κ2) is 5.28. The van der Waals surface area contributed by atoms with Gasteiger partial charge in [0.2, 0.25) is 5.91 Å². The molecule has 1 amide bonds. The minimum absolute atomic E-state index is 0.0549. The van der Waals surface area contributed by atoms with Crippen molar-refractivity contribution < 1.29 is 4.79 Å². The van der Waals surface area contributed by atoms with Gasteiger partial charge < -0.3 is 15.5 Å². The van der Waals surface area contributed by atoms with Gasteiger partial charge in [0.05, 0.1) is 6.04 Å². The minimum atomic E-state index is -0.414. The molecule has 0 aromatic rings. The molecule has 4 nitrogen and oxygen atoms in total. The third kappa shape index (κ3) is 3.04. The molecule has 1 aliphatic heterocycles. The molecule has 1 fully saturated rings. The van der Waals surface area contributed by atoms with E-state index in [-0.39, 0.29) is 5.91 Å². The van der Waals surface area contributed by atoms with Crippen LogP contribution in [0.15, 0.2) is 12.7 Å². The molecular formula is C11H21N3O. The lowest BCUT2D eigenvalue weighted by molar-refractivity contribution is -0.131. The minimum Gasteiger partial charge on any atom is -0.340 e. The number of hydrogen-bond acceptors (Lipinski definition) is 3. The van der Waals surface area contributed by atoms with Gasteiger partial charge in [-0.2, -0.15) is 0 Å². The predicted octanol–water partition coefficient (Wildman–Crippen LogP) is 0.0523. The summed E-state index contributed by atoms with van der Waals surface area (Å²) in [6, 6.07) is 0.0632. The maximum absolute atomic E-state index is 11.8. The molecule has 15 heavy (non-hydrogen) atoms. The van der Waals surface area contributed by atoms with Gasteiger partial charge >= 0.3 is 0 Å². The quantitative estimate of drug-likeness (QED) is 0.669. The smallest absolute Gasteiger partial charge is 0.239 e. The summed E-state index contributed by atoms with van der Waals surface area (Å²) in [5.41, 5.74) is 5.75. The first kappa shape index (κ1) is 12.2. The molecule has 86 valence electrons. The summed E-state index contributed by atoms with van der Waals surface area (Å²) >= 11 is 0. The van der Waals surface area contributed by atoms with E-state index in [1.165, 1.54) is 0 Å². The van der Waals surface area contributed by atoms with E-state index in [1.54, 1.807) is 6.08 Å². The molecule has 0 saturated carbocycles. The van der Waals surface area contributed by atoms with Crippen molar-refractivity contribution in [2.45, 2.75) is 24.9 Å². The van der Waals surface area contributed by atoms with Crippen LogP contribution >= 0.6 is 0 Å². The molecule has 0 aromatic heterocycles. The van der Waals surface area contributed by atoms with Crippen LogP contribution in [0.4, 0.5) is 0 Å². The van der Waals surface area contributed by atoms with Gasteiger partial charge in [0, 0.05) is 19.1 Å². The van der Waals surface area contributed by atoms with Crippen molar-refractivity contribution >= 4 is 5.91 Å². The van der Waals surface area contributed by atoms with Crippen LogP contribution < -0.4 is 5.73 Å². The van der Waals surface area contributed by atoms with Gasteiger partial charge in [0.15, 0.2) is 0 Å². The van der Waals surface area contributed by atoms with Crippen LogP contribution in [0.1, 0.15) is 12.8 Å². The molecule has 0 aromatic carbocycles. The highest BCUT2D eigenvalue weighted by Crippen LogP contribution is 2.14. The molecule has 1 saturated heterocycles. The number of amides is 1. The topological polar surface area (TPSA) is 49.6 Å². The van der Waals surface area contributed by atoms with Crippen molar-refractivity contribution in [3.8, 4) is 0 Å². The van der Waals surface area contributed by atoms with Crippen molar-refractivity contribution in [2.24, 2.45) is 5.73 Å². The molecule has 1 heterocycles. The fraction of sp³-hybridized carbons (Fsp3) is 0.727. The van der Waals surface area contributed by atoms with Gasteiger partial charge in [-0.05, 0) is 26.9 Å². The van der Waals surface area contributed by atoms with E-state index in [9.17, 15) is 4.79 Å². The average molecular weight is 211 g/mol. The van der Waals surface area contributed by atoms with Crippen molar-refractivity contribution in [1.82, 2.24) is 9.80 Å². The van der Waals surface area contributed by atoms with Crippen molar-refractivity contribution in [3.05, 3.63) is 12.7 Å². The number of carbonyl (C=O) groups excluding carboxylic acids is 1. The van der Waals surface area contributed by atoms with E-state index in [4.69, 9.17) is 5.73 Å². The highest BCUT2D eigenvalue weighted by Gasteiger charge is 2.29. The Balaban J connectivity index is 2.46. The van der Waals surface area contributed by atoms with E-state index >= 15 is 0 Å². The largest absolute Gasteiger partial charge is 0.340 e. The maximum atomic E-state index is 11.8. The summed E-state index contributed by atoms with van der Waals surface area (Å²) in [7, 11) is 4.09. The first-order valence-corrected chi connectivity index (χ1v) is 5.38. The van der Waals surface area contributed by atoms with Crippen molar-refractivity contribution in [1.29, 1.82) is 0 Å². The Morgan fingerprint density at radius 3 is 2.87 bits per heavy atom. The van der Waals surface area contributed by atoms with Gasteiger partial charge in [-0.25, -0.2) is 0 Å². The third-order valence-corrected chi connectivity index (χ3v) is 2.94. The number of nitrogens with two attached hydrogens (primary N) is 1. The summed E-state index contributed by atoms with van der Waals surface area (Å²) in [6.07, 6.45) is 3.30. The third-order valence-electron chi connectivity index (χ3n) is 2.94. The lowest BCUT2D eigenvalue weighted by atomic mass is 10.2. The van der Waals surface area contributed by atoms with Crippen LogP contribution in [0.2, 0.25) is 0 Å². The number of likely N-dealkylation sites (N-methyl/N-ethyl adjacent to an activating group) is 1. The first-order chi connectivity index (χ1) is 7.06. The van der Waals surface area contributed by atoms with Gasteiger partial charge in [-0.3, -0.25) is 4.79 Å². The Bertz CT molecular complexity index is 240. The molecule has 1 aliphatic rings. The monoisotopic (exact) mass is 211 g/mol. The van der Waals surface area contributed by atoms with E-state index in [0.29, 0.717) is 12.5 Å². The van der Waals surface area contributed by atoms with E-state index in [2.05, 4.69) is 11.5 Å². The lowest BCUT2D eigenvalue weighted by Crippen LogP contribution is -2.43.